The highest BCUT2D eigenvalue weighted by Gasteiger charge is 2.56. The minimum Gasteiger partial charge on any atom is -0.310 e. The molecule has 2 saturated carbocycles. The van der Waals surface area contributed by atoms with Gasteiger partial charge in [-0.3, -0.25) is 0 Å². The minimum atomic E-state index is -0.0835. The number of fused-ring (bicyclic) bond motifs is 11. The molecule has 8 aromatic rings. The SMILES string of the molecule is CC1(C)c2ccccc2-c2cccc(-c3ccc(N(c4ccc5c(c4)C4(CC6CCC4C6)c4ccccc4-5)c4ccccc4-c4ccc(-c5ccccc5)cc4)cc3)c21. The van der Waals surface area contributed by atoms with Crippen LogP contribution in [0.3, 0.4) is 0 Å². The van der Waals surface area contributed by atoms with E-state index < -0.39 is 0 Å². The Balaban J connectivity index is 1.01. The maximum absolute atomic E-state index is 2.59. The van der Waals surface area contributed by atoms with Crippen LogP contribution in [0.1, 0.15) is 61.8 Å². The summed E-state index contributed by atoms with van der Waals surface area (Å²) >= 11 is 0. The first-order valence-corrected chi connectivity index (χ1v) is 21.6. The van der Waals surface area contributed by atoms with Gasteiger partial charge in [-0.25, -0.2) is 0 Å². The second-order valence-corrected chi connectivity index (χ2v) is 18.1. The van der Waals surface area contributed by atoms with Crippen molar-refractivity contribution in [3.8, 4) is 55.6 Å². The van der Waals surface area contributed by atoms with Crippen molar-refractivity contribution in [1.82, 2.24) is 0 Å². The van der Waals surface area contributed by atoms with E-state index in [0.29, 0.717) is 5.92 Å². The zero-order valence-corrected chi connectivity index (χ0v) is 33.8. The molecular formula is C58H47N. The topological polar surface area (TPSA) is 3.24 Å². The summed E-state index contributed by atoms with van der Waals surface area (Å²) in [7, 11) is 0. The Kier molecular flexibility index (Phi) is 7.64. The highest BCUT2D eigenvalue weighted by molar-refractivity contribution is 5.93. The lowest BCUT2D eigenvalue weighted by molar-refractivity contribution is 0.327. The summed E-state index contributed by atoms with van der Waals surface area (Å²) < 4.78 is 0. The van der Waals surface area contributed by atoms with E-state index in [1.165, 1.54) is 109 Å². The summed E-state index contributed by atoms with van der Waals surface area (Å²) in [5.74, 6) is 1.53. The molecule has 0 saturated heterocycles. The van der Waals surface area contributed by atoms with E-state index in [4.69, 9.17) is 0 Å². The Bertz CT molecular complexity index is 2920. The standard InChI is InChI=1S/C58H47N/c1-57(2)52-20-9-6-17-49(52)51-19-12-18-47(56(51)57)42-28-31-44(32-29-42)59(55-22-11-8-15-46(55)41-26-24-40(25-27-41)39-13-4-3-5-14-39)45-33-34-50-48-16-7-10-21-53(48)58(54(50)36-45)37-38-23-30-43(58)35-38/h3-22,24-29,31-34,36,38,43H,23,30,35,37H2,1-2H3. The molecule has 59 heavy (non-hydrogen) atoms. The fraction of sp³-hybridized carbons (Fsp3) is 0.172. The number of rotatable bonds is 6. The third-order valence-corrected chi connectivity index (χ3v) is 14.8. The fourth-order valence-electron chi connectivity index (χ4n) is 12.2. The zero-order valence-electron chi connectivity index (χ0n) is 33.8. The van der Waals surface area contributed by atoms with Crippen molar-refractivity contribution in [2.45, 2.75) is 50.4 Å². The van der Waals surface area contributed by atoms with Crippen molar-refractivity contribution in [2.24, 2.45) is 11.8 Å². The average molecular weight is 758 g/mol. The van der Waals surface area contributed by atoms with Gasteiger partial charge in [0.2, 0.25) is 0 Å². The normalized spacial score (nSPS) is 20.0. The van der Waals surface area contributed by atoms with Crippen molar-refractivity contribution >= 4 is 17.1 Å². The summed E-state index contributed by atoms with van der Waals surface area (Å²) in [4.78, 5) is 2.53. The zero-order chi connectivity index (χ0) is 39.3. The second-order valence-electron chi connectivity index (χ2n) is 18.1. The van der Waals surface area contributed by atoms with Crippen molar-refractivity contribution < 1.29 is 0 Å². The lowest BCUT2D eigenvalue weighted by Crippen LogP contribution is -2.32. The van der Waals surface area contributed by atoms with Crippen LogP contribution in [0.5, 0.6) is 0 Å². The van der Waals surface area contributed by atoms with Crippen LogP contribution in [0.2, 0.25) is 0 Å². The Hall–Kier alpha value is -6.44. The maximum atomic E-state index is 2.59. The van der Waals surface area contributed by atoms with Crippen LogP contribution in [-0.4, -0.2) is 0 Å². The third-order valence-electron chi connectivity index (χ3n) is 14.8. The van der Waals surface area contributed by atoms with Crippen LogP contribution in [0.25, 0.3) is 55.6 Å². The molecule has 1 spiro atoms. The smallest absolute Gasteiger partial charge is 0.0540 e. The predicted molar refractivity (Wildman–Crippen MR) is 247 cm³/mol. The van der Waals surface area contributed by atoms with Crippen molar-refractivity contribution in [3.63, 3.8) is 0 Å². The molecule has 0 radical (unpaired) electrons. The van der Waals surface area contributed by atoms with Crippen LogP contribution in [0.15, 0.2) is 188 Å². The predicted octanol–water partition coefficient (Wildman–Crippen LogP) is 15.6. The number of hydrogen-bond acceptors (Lipinski definition) is 1. The summed E-state index contributed by atoms with van der Waals surface area (Å²) in [5.41, 5.74) is 22.6. The second kappa shape index (κ2) is 13.0. The summed E-state index contributed by atoms with van der Waals surface area (Å²) in [6.07, 6.45) is 5.34. The van der Waals surface area contributed by atoms with E-state index in [1.807, 2.05) is 0 Å². The van der Waals surface area contributed by atoms with Crippen molar-refractivity contribution in [3.05, 3.63) is 210 Å². The fourth-order valence-corrected chi connectivity index (χ4v) is 12.2. The van der Waals surface area contributed by atoms with Crippen LogP contribution < -0.4 is 4.90 Å². The summed E-state index contributed by atoms with van der Waals surface area (Å²) in [5, 5.41) is 0. The molecule has 8 aromatic carbocycles. The molecule has 1 heteroatoms. The van der Waals surface area contributed by atoms with Gasteiger partial charge in [0.1, 0.15) is 0 Å². The lowest BCUT2D eigenvalue weighted by atomic mass is 9.67. The number of para-hydroxylation sites is 1. The maximum Gasteiger partial charge on any atom is 0.0540 e. The van der Waals surface area contributed by atoms with Gasteiger partial charge in [0.05, 0.1) is 5.69 Å². The number of hydrogen-bond donors (Lipinski definition) is 0. The molecule has 3 atom stereocenters. The minimum absolute atomic E-state index is 0.0835. The molecule has 0 aliphatic heterocycles. The van der Waals surface area contributed by atoms with E-state index in [-0.39, 0.29) is 10.8 Å². The van der Waals surface area contributed by atoms with Gasteiger partial charge in [-0.15, -0.1) is 0 Å². The molecule has 4 aliphatic rings. The monoisotopic (exact) mass is 757 g/mol. The summed E-state index contributed by atoms with van der Waals surface area (Å²) in [6.45, 7) is 4.77. The molecule has 0 N–H and O–H groups in total. The number of nitrogens with zero attached hydrogens (tertiary/aromatic N) is 1. The first-order valence-electron chi connectivity index (χ1n) is 21.6. The lowest BCUT2D eigenvalue weighted by Gasteiger charge is -2.37. The molecule has 2 fully saturated rings. The quantitative estimate of drug-likeness (QED) is 0.163. The Morgan fingerprint density at radius 2 is 0.983 bits per heavy atom. The molecule has 3 unspecified atom stereocenters. The molecule has 2 bridgehead atoms. The van der Waals surface area contributed by atoms with Gasteiger partial charge in [-0.05, 0) is 134 Å². The van der Waals surface area contributed by atoms with Crippen molar-refractivity contribution in [2.75, 3.05) is 4.90 Å². The molecule has 0 aromatic heterocycles. The van der Waals surface area contributed by atoms with Crippen molar-refractivity contribution in [1.29, 1.82) is 0 Å². The molecule has 4 aliphatic carbocycles. The van der Waals surface area contributed by atoms with Gasteiger partial charge in [-0.1, -0.05) is 178 Å². The molecule has 0 amide bonds. The Morgan fingerprint density at radius 1 is 0.424 bits per heavy atom. The molecule has 1 nitrogen and oxygen atoms in total. The molecular weight excluding hydrogens is 711 g/mol. The Morgan fingerprint density at radius 3 is 1.73 bits per heavy atom. The van der Waals surface area contributed by atoms with Gasteiger partial charge >= 0.3 is 0 Å². The van der Waals surface area contributed by atoms with Gasteiger partial charge in [0.25, 0.3) is 0 Å². The van der Waals surface area contributed by atoms with E-state index in [9.17, 15) is 0 Å². The number of benzene rings is 8. The molecule has 0 heterocycles. The van der Waals surface area contributed by atoms with E-state index in [1.54, 1.807) is 5.56 Å². The van der Waals surface area contributed by atoms with Gasteiger partial charge in [0.15, 0.2) is 0 Å². The Labute approximate surface area is 348 Å². The van der Waals surface area contributed by atoms with Gasteiger partial charge < -0.3 is 4.90 Å². The average Bonchev–Trinajstić information content (AvgIpc) is 4.04. The van der Waals surface area contributed by atoms with E-state index >= 15 is 0 Å². The molecule has 12 rings (SSSR count). The first-order chi connectivity index (χ1) is 29.0. The number of anilines is 3. The highest BCUT2D eigenvalue weighted by atomic mass is 15.1. The van der Waals surface area contributed by atoms with Gasteiger partial charge in [-0.2, -0.15) is 0 Å². The van der Waals surface area contributed by atoms with Crippen LogP contribution in [0, 0.1) is 11.8 Å². The largest absolute Gasteiger partial charge is 0.310 e. The van der Waals surface area contributed by atoms with Crippen LogP contribution in [0.4, 0.5) is 17.1 Å². The first kappa shape index (κ1) is 34.6. The van der Waals surface area contributed by atoms with E-state index in [2.05, 4.69) is 207 Å². The van der Waals surface area contributed by atoms with Crippen LogP contribution >= 0.6 is 0 Å². The molecule has 284 valence electrons. The third kappa shape index (κ3) is 5.10. The highest BCUT2D eigenvalue weighted by Crippen LogP contribution is 2.66. The van der Waals surface area contributed by atoms with Gasteiger partial charge in [0, 0.05) is 27.8 Å². The van der Waals surface area contributed by atoms with E-state index in [0.717, 1.165) is 11.6 Å². The summed E-state index contributed by atoms with van der Waals surface area (Å²) in [6, 6.07) is 70.8. The van der Waals surface area contributed by atoms with Crippen LogP contribution in [-0.2, 0) is 10.8 Å².